The Morgan fingerprint density at radius 1 is 1.04 bits per heavy atom. The number of anilines is 2. The van der Waals surface area contributed by atoms with Crippen LogP contribution in [0.4, 0.5) is 11.4 Å². The third-order valence-corrected chi connectivity index (χ3v) is 5.12. The van der Waals surface area contributed by atoms with Crippen LogP contribution in [0.25, 0.3) is 0 Å². The van der Waals surface area contributed by atoms with Crippen LogP contribution in [-0.4, -0.2) is 18.9 Å². The molecule has 144 valence electrons. The standard InChI is InChI=1S/C20H22Cl2N2O3/c1-5-20(2,3)19(26)24-16-10-12(6-9-17(16)27-4)18(25)23-13-7-8-14(21)15(22)11-13/h6-11H,5H2,1-4H3,(H,23,25)(H,24,26). The first-order chi connectivity index (χ1) is 12.7. The summed E-state index contributed by atoms with van der Waals surface area (Å²) < 4.78 is 5.30. The summed E-state index contributed by atoms with van der Waals surface area (Å²) >= 11 is 11.9. The van der Waals surface area contributed by atoms with Gasteiger partial charge in [0.05, 0.1) is 22.8 Å². The van der Waals surface area contributed by atoms with Crippen LogP contribution in [0.5, 0.6) is 5.75 Å². The average Bonchev–Trinajstić information content (AvgIpc) is 2.64. The summed E-state index contributed by atoms with van der Waals surface area (Å²) in [5.74, 6) is -0.0204. The van der Waals surface area contributed by atoms with Crippen molar-refractivity contribution in [2.24, 2.45) is 5.41 Å². The quantitative estimate of drug-likeness (QED) is 0.650. The Labute approximate surface area is 169 Å². The normalized spacial score (nSPS) is 11.0. The van der Waals surface area contributed by atoms with Crippen molar-refractivity contribution in [2.45, 2.75) is 27.2 Å². The highest BCUT2D eigenvalue weighted by Gasteiger charge is 2.26. The van der Waals surface area contributed by atoms with Crippen molar-refractivity contribution in [2.75, 3.05) is 17.7 Å². The zero-order valence-corrected chi connectivity index (χ0v) is 17.2. The molecule has 0 unspecified atom stereocenters. The van der Waals surface area contributed by atoms with Crippen LogP contribution in [0, 0.1) is 5.41 Å². The first-order valence-corrected chi connectivity index (χ1v) is 9.19. The van der Waals surface area contributed by atoms with Gasteiger partial charge in [0.1, 0.15) is 5.75 Å². The average molecular weight is 409 g/mol. The number of nitrogens with one attached hydrogen (secondary N) is 2. The zero-order chi connectivity index (χ0) is 20.2. The summed E-state index contributed by atoms with van der Waals surface area (Å²) in [5.41, 5.74) is 0.781. The molecule has 0 aliphatic heterocycles. The molecule has 27 heavy (non-hydrogen) atoms. The van der Waals surface area contributed by atoms with Crippen molar-refractivity contribution in [3.8, 4) is 5.75 Å². The minimum atomic E-state index is -0.538. The first-order valence-electron chi connectivity index (χ1n) is 8.44. The third kappa shape index (κ3) is 5.15. The predicted molar refractivity (Wildman–Crippen MR) is 110 cm³/mol. The number of halogens is 2. The van der Waals surface area contributed by atoms with Gasteiger partial charge in [-0.15, -0.1) is 0 Å². The summed E-state index contributed by atoms with van der Waals surface area (Å²) in [7, 11) is 1.51. The van der Waals surface area contributed by atoms with Crippen LogP contribution in [0.2, 0.25) is 10.0 Å². The molecule has 0 saturated heterocycles. The van der Waals surface area contributed by atoms with Crippen molar-refractivity contribution in [3.63, 3.8) is 0 Å². The van der Waals surface area contributed by atoms with Gasteiger partial charge in [-0.05, 0) is 42.8 Å². The molecule has 7 heteroatoms. The lowest BCUT2D eigenvalue weighted by molar-refractivity contribution is -0.124. The number of benzene rings is 2. The lowest BCUT2D eigenvalue weighted by Crippen LogP contribution is -2.30. The molecule has 0 radical (unpaired) electrons. The summed E-state index contributed by atoms with van der Waals surface area (Å²) in [6.45, 7) is 5.66. The fourth-order valence-corrected chi connectivity index (χ4v) is 2.47. The minimum Gasteiger partial charge on any atom is -0.495 e. The highest BCUT2D eigenvalue weighted by molar-refractivity contribution is 6.42. The summed E-state index contributed by atoms with van der Waals surface area (Å²) in [6, 6.07) is 9.66. The molecule has 2 N–H and O–H groups in total. The molecular weight excluding hydrogens is 387 g/mol. The van der Waals surface area contributed by atoms with E-state index in [0.29, 0.717) is 39.2 Å². The van der Waals surface area contributed by atoms with E-state index in [1.807, 2.05) is 20.8 Å². The topological polar surface area (TPSA) is 67.4 Å². The van der Waals surface area contributed by atoms with Gasteiger partial charge in [-0.25, -0.2) is 0 Å². The maximum absolute atomic E-state index is 12.6. The molecule has 0 fully saturated rings. The maximum Gasteiger partial charge on any atom is 0.255 e. The van der Waals surface area contributed by atoms with Crippen molar-refractivity contribution >= 4 is 46.4 Å². The van der Waals surface area contributed by atoms with E-state index in [-0.39, 0.29) is 11.8 Å². The molecule has 2 amide bonds. The smallest absolute Gasteiger partial charge is 0.255 e. The molecule has 0 bridgehead atoms. The Morgan fingerprint density at radius 3 is 2.33 bits per heavy atom. The Morgan fingerprint density at radius 2 is 1.74 bits per heavy atom. The van der Waals surface area contributed by atoms with E-state index in [1.54, 1.807) is 36.4 Å². The number of hydrogen-bond acceptors (Lipinski definition) is 3. The van der Waals surface area contributed by atoms with Crippen LogP contribution < -0.4 is 15.4 Å². The molecule has 0 spiro atoms. The molecule has 0 heterocycles. The van der Waals surface area contributed by atoms with Crippen LogP contribution in [-0.2, 0) is 4.79 Å². The number of carbonyl (C=O) groups excluding carboxylic acids is 2. The molecule has 0 atom stereocenters. The molecule has 2 aromatic rings. The Hall–Kier alpha value is -2.24. The summed E-state index contributed by atoms with van der Waals surface area (Å²) in [4.78, 5) is 25.0. The van der Waals surface area contributed by atoms with Crippen LogP contribution in [0.1, 0.15) is 37.6 Å². The van der Waals surface area contributed by atoms with Crippen molar-refractivity contribution in [1.29, 1.82) is 0 Å². The van der Waals surface area contributed by atoms with Gasteiger partial charge in [-0.3, -0.25) is 9.59 Å². The number of hydrogen-bond donors (Lipinski definition) is 2. The van der Waals surface area contributed by atoms with Gasteiger partial charge in [0.25, 0.3) is 5.91 Å². The molecule has 0 aromatic heterocycles. The van der Waals surface area contributed by atoms with E-state index in [2.05, 4.69) is 10.6 Å². The van der Waals surface area contributed by atoms with E-state index in [1.165, 1.54) is 7.11 Å². The van der Waals surface area contributed by atoms with Crippen LogP contribution in [0.3, 0.4) is 0 Å². The maximum atomic E-state index is 12.6. The van der Waals surface area contributed by atoms with Gasteiger partial charge in [0, 0.05) is 16.7 Å². The summed E-state index contributed by atoms with van der Waals surface area (Å²) in [5, 5.41) is 6.35. The van der Waals surface area contributed by atoms with Gasteiger partial charge in [-0.1, -0.05) is 44.0 Å². The third-order valence-electron chi connectivity index (χ3n) is 4.39. The number of ether oxygens (including phenoxy) is 1. The first kappa shape index (κ1) is 21.1. The Bertz CT molecular complexity index is 866. The van der Waals surface area contributed by atoms with Gasteiger partial charge in [0.15, 0.2) is 0 Å². The number of methoxy groups -OCH3 is 1. The second kappa shape index (κ2) is 8.63. The van der Waals surface area contributed by atoms with E-state index in [9.17, 15) is 9.59 Å². The Kier molecular flexibility index (Phi) is 6.73. The van der Waals surface area contributed by atoms with E-state index in [4.69, 9.17) is 27.9 Å². The minimum absolute atomic E-state index is 0.148. The predicted octanol–water partition coefficient (Wildman–Crippen LogP) is 5.63. The van der Waals surface area contributed by atoms with Gasteiger partial charge in [0.2, 0.25) is 5.91 Å². The van der Waals surface area contributed by atoms with E-state index >= 15 is 0 Å². The lowest BCUT2D eigenvalue weighted by Gasteiger charge is -2.22. The highest BCUT2D eigenvalue weighted by atomic mass is 35.5. The monoisotopic (exact) mass is 408 g/mol. The van der Waals surface area contributed by atoms with Gasteiger partial charge < -0.3 is 15.4 Å². The van der Waals surface area contributed by atoms with Crippen molar-refractivity contribution < 1.29 is 14.3 Å². The second-order valence-corrected chi connectivity index (χ2v) is 7.50. The van der Waals surface area contributed by atoms with E-state index in [0.717, 1.165) is 0 Å². The van der Waals surface area contributed by atoms with Crippen molar-refractivity contribution in [1.82, 2.24) is 0 Å². The SMILES string of the molecule is CCC(C)(C)C(=O)Nc1cc(C(=O)Nc2ccc(Cl)c(Cl)c2)ccc1OC. The second-order valence-electron chi connectivity index (χ2n) is 6.69. The fourth-order valence-electron chi connectivity index (χ4n) is 2.18. The molecule has 0 aliphatic carbocycles. The lowest BCUT2D eigenvalue weighted by atomic mass is 9.89. The molecule has 2 rings (SSSR count). The molecular formula is C20H22Cl2N2O3. The van der Waals surface area contributed by atoms with Crippen molar-refractivity contribution in [3.05, 3.63) is 52.0 Å². The number of rotatable bonds is 6. The number of amides is 2. The molecule has 5 nitrogen and oxygen atoms in total. The zero-order valence-electron chi connectivity index (χ0n) is 15.7. The van der Waals surface area contributed by atoms with Crippen LogP contribution in [0.15, 0.2) is 36.4 Å². The molecule has 0 aliphatic rings. The number of carbonyl (C=O) groups is 2. The van der Waals surface area contributed by atoms with Crippen LogP contribution >= 0.6 is 23.2 Å². The van der Waals surface area contributed by atoms with E-state index < -0.39 is 5.41 Å². The summed E-state index contributed by atoms with van der Waals surface area (Å²) in [6.07, 6.45) is 0.679. The molecule has 0 saturated carbocycles. The van der Waals surface area contributed by atoms with Gasteiger partial charge in [-0.2, -0.15) is 0 Å². The largest absolute Gasteiger partial charge is 0.495 e. The van der Waals surface area contributed by atoms with Gasteiger partial charge >= 0.3 is 0 Å². The fraction of sp³-hybridized carbons (Fsp3) is 0.300. The Balaban J connectivity index is 2.26. The highest BCUT2D eigenvalue weighted by Crippen LogP contribution is 2.30. The molecule has 2 aromatic carbocycles.